The number of carbonyl (C=O) groups excluding carboxylic acids is 2. The molecule has 146 valence electrons. The van der Waals surface area contributed by atoms with E-state index >= 15 is 0 Å². The van der Waals surface area contributed by atoms with E-state index in [9.17, 15) is 19.7 Å². The number of amides is 2. The minimum atomic E-state index is -0.649. The molecule has 3 aromatic rings. The third kappa shape index (κ3) is 3.39. The summed E-state index contributed by atoms with van der Waals surface area (Å²) in [6, 6.07) is 13.7. The van der Waals surface area contributed by atoms with Crippen molar-refractivity contribution >= 4 is 17.5 Å². The number of imide groups is 1. The van der Waals surface area contributed by atoms with Crippen LogP contribution in [0.2, 0.25) is 0 Å². The van der Waals surface area contributed by atoms with Crippen molar-refractivity contribution in [3.05, 3.63) is 87.7 Å². The van der Waals surface area contributed by atoms with Gasteiger partial charge < -0.3 is 0 Å². The normalized spacial score (nSPS) is 13.2. The Bertz CT molecular complexity index is 1110. The maximum atomic E-state index is 12.7. The van der Waals surface area contributed by atoms with Crippen LogP contribution in [-0.2, 0) is 6.54 Å². The zero-order valence-corrected chi connectivity index (χ0v) is 15.6. The summed E-state index contributed by atoms with van der Waals surface area (Å²) < 4.78 is 1.74. The minimum absolute atomic E-state index is 0.0139. The second kappa shape index (κ2) is 7.28. The van der Waals surface area contributed by atoms with Gasteiger partial charge in [0.2, 0.25) is 0 Å². The van der Waals surface area contributed by atoms with Crippen molar-refractivity contribution in [2.24, 2.45) is 0 Å². The highest BCUT2D eigenvalue weighted by atomic mass is 16.6. The van der Waals surface area contributed by atoms with Gasteiger partial charge in [0.05, 0.1) is 29.0 Å². The van der Waals surface area contributed by atoms with Crippen LogP contribution in [-0.4, -0.2) is 50.0 Å². The fourth-order valence-corrected chi connectivity index (χ4v) is 3.36. The summed E-state index contributed by atoms with van der Waals surface area (Å²) in [7, 11) is 1.76. The van der Waals surface area contributed by atoms with Crippen LogP contribution in [0.25, 0.3) is 5.69 Å². The lowest BCUT2D eigenvalue weighted by Crippen LogP contribution is -2.39. The van der Waals surface area contributed by atoms with Crippen molar-refractivity contribution in [2.75, 3.05) is 13.7 Å². The summed E-state index contributed by atoms with van der Waals surface area (Å²) in [4.78, 5) is 38.6. The third-order valence-corrected chi connectivity index (χ3v) is 4.67. The van der Waals surface area contributed by atoms with Crippen molar-refractivity contribution in [3.8, 4) is 5.69 Å². The number of hydrogen-bond acceptors (Lipinski definition) is 6. The lowest BCUT2D eigenvalue weighted by molar-refractivity contribution is -0.385. The highest BCUT2D eigenvalue weighted by Crippen LogP contribution is 2.30. The Labute approximate surface area is 165 Å². The summed E-state index contributed by atoms with van der Waals surface area (Å²) in [6.07, 6.45) is 3.59. The smallest absolute Gasteiger partial charge is 0.282 e. The SMILES string of the molecule is CN(Cc1cnn(-c2ccccc2)c1)CN1C(=O)c2cccc([N+](=O)[O-])c2C1=O. The molecule has 2 amide bonds. The molecule has 0 spiro atoms. The van der Waals surface area contributed by atoms with Crippen molar-refractivity contribution < 1.29 is 14.5 Å². The van der Waals surface area contributed by atoms with Gasteiger partial charge in [-0.2, -0.15) is 5.10 Å². The Kier molecular flexibility index (Phi) is 4.65. The summed E-state index contributed by atoms with van der Waals surface area (Å²) >= 11 is 0. The largest absolute Gasteiger partial charge is 0.284 e. The van der Waals surface area contributed by atoms with Gasteiger partial charge >= 0.3 is 0 Å². The van der Waals surface area contributed by atoms with Crippen LogP contribution < -0.4 is 0 Å². The molecule has 0 radical (unpaired) electrons. The molecule has 0 atom stereocenters. The van der Waals surface area contributed by atoms with Gasteiger partial charge in [-0.25, -0.2) is 4.68 Å². The zero-order chi connectivity index (χ0) is 20.5. The van der Waals surface area contributed by atoms with Crippen LogP contribution in [0.4, 0.5) is 5.69 Å². The molecule has 0 N–H and O–H groups in total. The molecule has 0 unspecified atom stereocenters. The number of carbonyl (C=O) groups is 2. The number of para-hydroxylation sites is 1. The predicted molar refractivity (Wildman–Crippen MR) is 103 cm³/mol. The Morgan fingerprint density at radius 1 is 1.07 bits per heavy atom. The molecule has 1 aliphatic rings. The van der Waals surface area contributed by atoms with E-state index in [-0.39, 0.29) is 23.5 Å². The maximum absolute atomic E-state index is 12.7. The van der Waals surface area contributed by atoms with E-state index in [1.165, 1.54) is 18.2 Å². The number of nitrogens with zero attached hydrogens (tertiary/aromatic N) is 5. The lowest BCUT2D eigenvalue weighted by Gasteiger charge is -2.22. The highest BCUT2D eigenvalue weighted by Gasteiger charge is 2.41. The first-order chi connectivity index (χ1) is 14.0. The molecular weight excluding hydrogens is 374 g/mol. The first-order valence-corrected chi connectivity index (χ1v) is 8.87. The number of nitro benzene ring substituents is 1. The van der Waals surface area contributed by atoms with Crippen LogP contribution >= 0.6 is 0 Å². The molecule has 1 aliphatic heterocycles. The number of nitro groups is 1. The Morgan fingerprint density at radius 3 is 2.55 bits per heavy atom. The zero-order valence-electron chi connectivity index (χ0n) is 15.6. The first-order valence-electron chi connectivity index (χ1n) is 8.87. The second-order valence-corrected chi connectivity index (χ2v) is 6.78. The predicted octanol–water partition coefficient (Wildman–Crippen LogP) is 2.47. The Hall–Kier alpha value is -3.85. The summed E-state index contributed by atoms with van der Waals surface area (Å²) in [5, 5.41) is 15.5. The van der Waals surface area contributed by atoms with E-state index in [1.807, 2.05) is 36.5 Å². The van der Waals surface area contributed by atoms with E-state index in [4.69, 9.17) is 0 Å². The topological polar surface area (TPSA) is 102 Å². The van der Waals surface area contributed by atoms with Crippen molar-refractivity contribution in [2.45, 2.75) is 6.54 Å². The second-order valence-electron chi connectivity index (χ2n) is 6.78. The van der Waals surface area contributed by atoms with E-state index in [2.05, 4.69) is 5.10 Å². The fraction of sp³-hybridized carbons (Fsp3) is 0.150. The van der Waals surface area contributed by atoms with Crippen LogP contribution in [0.3, 0.4) is 0 Å². The van der Waals surface area contributed by atoms with Gasteiger partial charge in [-0.1, -0.05) is 24.3 Å². The standard InChI is InChI=1S/C20H17N5O4/c1-22(11-14-10-21-24(12-14)15-6-3-2-4-7-15)13-23-19(26)16-8-5-9-17(25(28)29)18(16)20(23)27/h2-10,12H,11,13H2,1H3. The number of aromatic nitrogens is 2. The quantitative estimate of drug-likeness (QED) is 0.363. The van der Waals surface area contributed by atoms with Gasteiger partial charge in [0.15, 0.2) is 0 Å². The van der Waals surface area contributed by atoms with Gasteiger partial charge in [0.25, 0.3) is 17.5 Å². The monoisotopic (exact) mass is 391 g/mol. The third-order valence-electron chi connectivity index (χ3n) is 4.67. The molecule has 9 nitrogen and oxygen atoms in total. The maximum Gasteiger partial charge on any atom is 0.282 e. The number of fused-ring (bicyclic) bond motifs is 1. The lowest BCUT2D eigenvalue weighted by atomic mass is 10.1. The van der Waals surface area contributed by atoms with Gasteiger partial charge in [0, 0.05) is 24.4 Å². The first kappa shape index (κ1) is 18.5. The molecule has 0 aliphatic carbocycles. The van der Waals surface area contributed by atoms with Gasteiger partial charge in [-0.3, -0.25) is 29.5 Å². The van der Waals surface area contributed by atoms with Gasteiger partial charge in [-0.05, 0) is 25.2 Å². The van der Waals surface area contributed by atoms with Crippen molar-refractivity contribution in [1.29, 1.82) is 0 Å². The van der Waals surface area contributed by atoms with Gasteiger partial charge in [0.1, 0.15) is 5.56 Å². The van der Waals surface area contributed by atoms with Crippen LogP contribution in [0.1, 0.15) is 26.3 Å². The molecule has 2 heterocycles. The molecule has 0 saturated carbocycles. The minimum Gasteiger partial charge on any atom is -0.284 e. The molecule has 0 saturated heterocycles. The van der Waals surface area contributed by atoms with Crippen molar-refractivity contribution in [3.63, 3.8) is 0 Å². The molecule has 1 aromatic heterocycles. The van der Waals surface area contributed by atoms with Crippen LogP contribution in [0, 0.1) is 10.1 Å². The molecule has 9 heteroatoms. The highest BCUT2D eigenvalue weighted by molar-refractivity contribution is 6.23. The molecule has 29 heavy (non-hydrogen) atoms. The molecule has 0 fully saturated rings. The van der Waals surface area contributed by atoms with Crippen molar-refractivity contribution in [1.82, 2.24) is 19.6 Å². The molecule has 2 aromatic carbocycles. The van der Waals surface area contributed by atoms with E-state index in [0.717, 1.165) is 16.2 Å². The Balaban J connectivity index is 1.48. The average Bonchev–Trinajstić information content (AvgIpc) is 3.27. The molecular formula is C20H17N5O4. The number of benzene rings is 2. The summed E-state index contributed by atoms with van der Waals surface area (Å²) in [5.74, 6) is -1.18. The van der Waals surface area contributed by atoms with Crippen LogP contribution in [0.5, 0.6) is 0 Å². The summed E-state index contributed by atoms with van der Waals surface area (Å²) in [5.41, 5.74) is 1.39. The average molecular weight is 391 g/mol. The Morgan fingerprint density at radius 2 is 1.83 bits per heavy atom. The van der Waals surface area contributed by atoms with Crippen LogP contribution in [0.15, 0.2) is 60.9 Å². The molecule has 0 bridgehead atoms. The number of hydrogen-bond donors (Lipinski definition) is 0. The van der Waals surface area contributed by atoms with Gasteiger partial charge in [-0.15, -0.1) is 0 Å². The van der Waals surface area contributed by atoms with E-state index < -0.39 is 16.7 Å². The number of rotatable bonds is 6. The molecule has 4 rings (SSSR count). The summed E-state index contributed by atoms with van der Waals surface area (Å²) in [6.45, 7) is 0.461. The van der Waals surface area contributed by atoms with E-state index in [1.54, 1.807) is 22.8 Å². The van der Waals surface area contributed by atoms with E-state index in [0.29, 0.717) is 6.54 Å². The fourth-order valence-electron chi connectivity index (χ4n) is 3.36.